The zero-order chi connectivity index (χ0) is 13.9. The van der Waals surface area contributed by atoms with E-state index < -0.39 is 11.9 Å². The monoisotopic (exact) mass is 270 g/mol. The van der Waals surface area contributed by atoms with Gasteiger partial charge in [0.05, 0.1) is 12.2 Å². The van der Waals surface area contributed by atoms with Gasteiger partial charge in [-0.1, -0.05) is 18.2 Å². The van der Waals surface area contributed by atoms with Crippen LogP contribution in [-0.4, -0.2) is 11.1 Å². The summed E-state index contributed by atoms with van der Waals surface area (Å²) < 4.78 is 5.28. The summed E-state index contributed by atoms with van der Waals surface area (Å²) in [6.45, 7) is 0. The molecule has 1 aromatic heterocycles. The summed E-state index contributed by atoms with van der Waals surface area (Å²) in [5.74, 6) is -0.611. The Kier molecular flexibility index (Phi) is 3.59. The first-order chi connectivity index (χ1) is 9.74. The van der Waals surface area contributed by atoms with Crippen molar-refractivity contribution in [3.63, 3.8) is 0 Å². The molecule has 0 radical (unpaired) electrons. The number of aliphatic carboxylic acids is 1. The highest BCUT2D eigenvalue weighted by atomic mass is 16.4. The second-order valence-corrected chi connectivity index (χ2v) is 5.41. The maximum Gasteiger partial charge on any atom is 0.311 e. The van der Waals surface area contributed by atoms with E-state index in [0.29, 0.717) is 6.42 Å². The van der Waals surface area contributed by atoms with Gasteiger partial charge < -0.3 is 9.52 Å². The van der Waals surface area contributed by atoms with Crippen LogP contribution in [0.1, 0.15) is 41.2 Å². The van der Waals surface area contributed by atoms with Crippen molar-refractivity contribution in [2.24, 2.45) is 0 Å². The average molecular weight is 270 g/mol. The minimum absolute atomic E-state index is 0.404. The number of carboxylic acids is 1. The first-order valence-corrected chi connectivity index (χ1v) is 7.11. The minimum atomic E-state index is -0.794. The molecule has 0 saturated carbocycles. The molecule has 1 unspecified atom stereocenters. The zero-order valence-electron chi connectivity index (χ0n) is 11.3. The highest BCUT2D eigenvalue weighted by molar-refractivity contribution is 5.76. The number of furan rings is 1. The summed E-state index contributed by atoms with van der Waals surface area (Å²) in [4.78, 5) is 11.6. The van der Waals surface area contributed by atoms with Crippen molar-refractivity contribution in [2.45, 2.75) is 38.0 Å². The zero-order valence-corrected chi connectivity index (χ0v) is 11.3. The van der Waals surface area contributed by atoms with Gasteiger partial charge in [-0.15, -0.1) is 0 Å². The molecule has 2 aromatic rings. The fourth-order valence-corrected chi connectivity index (χ4v) is 2.95. The third kappa shape index (κ3) is 2.62. The van der Waals surface area contributed by atoms with E-state index in [0.717, 1.165) is 24.2 Å². The van der Waals surface area contributed by atoms with E-state index >= 15 is 0 Å². The molecule has 0 fully saturated rings. The van der Waals surface area contributed by atoms with Crippen molar-refractivity contribution in [1.29, 1.82) is 0 Å². The molecule has 0 spiro atoms. The van der Waals surface area contributed by atoms with Crippen LogP contribution < -0.4 is 0 Å². The lowest BCUT2D eigenvalue weighted by atomic mass is 9.86. The minimum Gasteiger partial charge on any atom is -0.481 e. The van der Waals surface area contributed by atoms with E-state index in [1.54, 1.807) is 12.3 Å². The molecule has 104 valence electrons. The molecule has 0 bridgehead atoms. The molecule has 1 atom stereocenters. The Bertz CT molecular complexity index is 599. The van der Waals surface area contributed by atoms with Gasteiger partial charge in [0.25, 0.3) is 0 Å². The van der Waals surface area contributed by atoms with Crippen molar-refractivity contribution in [2.75, 3.05) is 0 Å². The number of benzene rings is 1. The largest absolute Gasteiger partial charge is 0.481 e. The third-order valence-corrected chi connectivity index (χ3v) is 4.06. The van der Waals surface area contributed by atoms with Crippen molar-refractivity contribution >= 4 is 5.97 Å². The van der Waals surface area contributed by atoms with Crippen LogP contribution in [0.5, 0.6) is 0 Å². The van der Waals surface area contributed by atoms with Crippen molar-refractivity contribution in [1.82, 2.24) is 0 Å². The fourth-order valence-electron chi connectivity index (χ4n) is 2.95. The topological polar surface area (TPSA) is 50.4 Å². The third-order valence-electron chi connectivity index (χ3n) is 4.06. The van der Waals surface area contributed by atoms with E-state index in [1.807, 2.05) is 12.1 Å². The van der Waals surface area contributed by atoms with E-state index in [2.05, 4.69) is 12.1 Å². The highest BCUT2D eigenvalue weighted by Gasteiger charge is 2.23. The lowest BCUT2D eigenvalue weighted by Crippen LogP contribution is -2.15. The predicted octanol–water partition coefficient (Wildman–Crippen LogP) is 3.57. The maximum atomic E-state index is 11.6. The Morgan fingerprint density at radius 3 is 2.70 bits per heavy atom. The van der Waals surface area contributed by atoms with Crippen LogP contribution in [0.4, 0.5) is 0 Å². The van der Waals surface area contributed by atoms with Crippen molar-refractivity contribution in [3.05, 3.63) is 59.0 Å². The molecule has 1 N–H and O–H groups in total. The van der Waals surface area contributed by atoms with E-state index in [9.17, 15) is 9.90 Å². The molecular formula is C17H18O3. The summed E-state index contributed by atoms with van der Waals surface area (Å²) in [7, 11) is 0. The molecule has 0 amide bonds. The Balaban J connectivity index is 1.89. The SMILES string of the molecule is O=C(O)C(Cc1ccco1)c1ccc2c(c1)CCCC2. The molecule has 20 heavy (non-hydrogen) atoms. The van der Waals surface area contributed by atoms with E-state index in [4.69, 9.17) is 4.42 Å². The molecule has 1 aromatic carbocycles. The maximum absolute atomic E-state index is 11.6. The van der Waals surface area contributed by atoms with Gasteiger partial charge in [0.15, 0.2) is 0 Å². The second kappa shape index (κ2) is 5.53. The molecule has 0 saturated heterocycles. The molecule has 3 heteroatoms. The van der Waals surface area contributed by atoms with Gasteiger partial charge in [-0.05, 0) is 54.5 Å². The van der Waals surface area contributed by atoms with Crippen LogP contribution in [-0.2, 0) is 24.1 Å². The normalized spacial score (nSPS) is 15.6. The molecule has 1 aliphatic rings. The van der Waals surface area contributed by atoms with E-state index in [1.165, 1.54) is 24.0 Å². The highest BCUT2D eigenvalue weighted by Crippen LogP contribution is 2.28. The standard InChI is InChI=1S/C17H18O3/c18-17(19)16(11-15-6-3-9-20-15)14-8-7-12-4-1-2-5-13(12)10-14/h3,6-10,16H,1-2,4-5,11H2,(H,18,19). The molecule has 1 aliphatic carbocycles. The lowest BCUT2D eigenvalue weighted by molar-refractivity contribution is -0.138. The number of aryl methyl sites for hydroxylation is 2. The summed E-state index contributed by atoms with van der Waals surface area (Å²) >= 11 is 0. The number of hydrogen-bond acceptors (Lipinski definition) is 2. The van der Waals surface area contributed by atoms with Crippen LogP contribution in [0.25, 0.3) is 0 Å². The predicted molar refractivity (Wildman–Crippen MR) is 75.9 cm³/mol. The van der Waals surface area contributed by atoms with Gasteiger partial charge in [0.1, 0.15) is 5.76 Å². The van der Waals surface area contributed by atoms with Crippen molar-refractivity contribution < 1.29 is 14.3 Å². The summed E-state index contributed by atoms with van der Waals surface area (Å²) in [6.07, 6.45) is 6.61. The van der Waals surface area contributed by atoms with E-state index in [-0.39, 0.29) is 0 Å². The number of hydrogen-bond donors (Lipinski definition) is 1. The lowest BCUT2D eigenvalue weighted by Gasteiger charge is -2.19. The van der Waals surface area contributed by atoms with Crippen LogP contribution >= 0.6 is 0 Å². The quantitative estimate of drug-likeness (QED) is 0.924. The van der Waals surface area contributed by atoms with Gasteiger partial charge in [-0.2, -0.15) is 0 Å². The molecule has 3 nitrogen and oxygen atoms in total. The number of carboxylic acid groups (broad SMARTS) is 1. The van der Waals surface area contributed by atoms with Crippen LogP contribution in [0.3, 0.4) is 0 Å². The van der Waals surface area contributed by atoms with Gasteiger partial charge in [0, 0.05) is 6.42 Å². The summed E-state index contributed by atoms with van der Waals surface area (Å²) in [6, 6.07) is 9.76. The number of fused-ring (bicyclic) bond motifs is 1. The van der Waals surface area contributed by atoms with Crippen molar-refractivity contribution in [3.8, 4) is 0 Å². The number of rotatable bonds is 4. The second-order valence-electron chi connectivity index (χ2n) is 5.41. The smallest absolute Gasteiger partial charge is 0.311 e. The van der Waals surface area contributed by atoms with Crippen LogP contribution in [0.2, 0.25) is 0 Å². The first kappa shape index (κ1) is 13.0. The fraction of sp³-hybridized carbons (Fsp3) is 0.353. The Labute approximate surface area is 118 Å². The summed E-state index contributed by atoms with van der Waals surface area (Å²) in [5, 5.41) is 9.49. The molecular weight excluding hydrogens is 252 g/mol. The average Bonchev–Trinajstić information content (AvgIpc) is 2.97. The molecule has 1 heterocycles. The Hall–Kier alpha value is -2.03. The van der Waals surface area contributed by atoms with Crippen LogP contribution in [0.15, 0.2) is 41.0 Å². The van der Waals surface area contributed by atoms with Gasteiger partial charge in [0.2, 0.25) is 0 Å². The van der Waals surface area contributed by atoms with Gasteiger partial charge >= 0.3 is 5.97 Å². The van der Waals surface area contributed by atoms with Crippen LogP contribution in [0, 0.1) is 0 Å². The number of carbonyl (C=O) groups is 1. The molecule has 3 rings (SSSR count). The molecule has 0 aliphatic heterocycles. The van der Waals surface area contributed by atoms with Gasteiger partial charge in [-0.3, -0.25) is 4.79 Å². The van der Waals surface area contributed by atoms with Gasteiger partial charge in [-0.25, -0.2) is 0 Å². The Morgan fingerprint density at radius 1 is 1.20 bits per heavy atom. The summed E-state index contributed by atoms with van der Waals surface area (Å²) in [5.41, 5.74) is 3.58. The Morgan fingerprint density at radius 2 is 2.00 bits per heavy atom. The first-order valence-electron chi connectivity index (χ1n) is 7.11.